The molecule has 0 saturated carbocycles. The Hall–Kier alpha value is -2.70. The van der Waals surface area contributed by atoms with E-state index < -0.39 is 16.2 Å². The predicted molar refractivity (Wildman–Crippen MR) is 69.3 cm³/mol. The zero-order valence-corrected chi connectivity index (χ0v) is 10.1. The number of imidazole rings is 1. The van der Waals surface area contributed by atoms with Gasteiger partial charge in [0.25, 0.3) is 0 Å². The number of nitro groups is 1. The topological polar surface area (TPSA) is 82.4 Å². The number of aromatic nitrogens is 3. The van der Waals surface area contributed by atoms with E-state index in [9.17, 15) is 14.9 Å². The van der Waals surface area contributed by atoms with E-state index in [0.29, 0.717) is 17.8 Å². The van der Waals surface area contributed by atoms with E-state index in [2.05, 4.69) is 4.98 Å². The Morgan fingerprint density at radius 2 is 2.00 bits per heavy atom. The molecule has 0 aliphatic rings. The third kappa shape index (κ3) is 1.44. The summed E-state index contributed by atoms with van der Waals surface area (Å²) < 4.78 is 3.14. The lowest BCUT2D eigenvalue weighted by molar-refractivity contribution is -0.386. The Kier molecular flexibility index (Phi) is 2.34. The first kappa shape index (κ1) is 11.4. The number of hydrogen-bond acceptors (Lipinski definition) is 4. The second kappa shape index (κ2) is 3.91. The van der Waals surface area contributed by atoms with Crippen molar-refractivity contribution in [2.24, 2.45) is 0 Å². The first-order valence-electron chi connectivity index (χ1n) is 5.78. The zero-order chi connectivity index (χ0) is 13.6. The molecule has 0 spiro atoms. The summed E-state index contributed by atoms with van der Waals surface area (Å²) in [6.45, 7) is 2.56. The van der Waals surface area contributed by atoms with Gasteiger partial charge in [-0.1, -0.05) is 12.1 Å². The number of benzene rings is 1. The Balaban J connectivity index is 2.61. The van der Waals surface area contributed by atoms with E-state index >= 15 is 0 Å². The number of rotatable bonds is 2. The third-order valence-corrected chi connectivity index (χ3v) is 3.09. The van der Waals surface area contributed by atoms with Gasteiger partial charge in [-0.15, -0.1) is 0 Å². The molecule has 0 fully saturated rings. The van der Waals surface area contributed by atoms with Gasteiger partial charge >= 0.3 is 11.2 Å². The molecule has 0 atom stereocenters. The van der Waals surface area contributed by atoms with Crippen molar-refractivity contribution in [1.82, 2.24) is 14.0 Å². The lowest BCUT2D eigenvalue weighted by atomic mass is 10.3. The highest BCUT2D eigenvalue weighted by Gasteiger charge is 2.19. The summed E-state index contributed by atoms with van der Waals surface area (Å²) in [5.41, 5.74) is 0.283. The van der Waals surface area contributed by atoms with Gasteiger partial charge in [0.05, 0.1) is 16.0 Å². The van der Waals surface area contributed by atoms with Crippen LogP contribution in [0.2, 0.25) is 0 Å². The fourth-order valence-corrected chi connectivity index (χ4v) is 2.27. The smallest absolute Gasteiger partial charge is 0.310 e. The van der Waals surface area contributed by atoms with E-state index in [1.54, 1.807) is 12.1 Å². The number of aryl methyl sites for hydroxylation is 1. The molecule has 2 heterocycles. The molecule has 2 aromatic heterocycles. The van der Waals surface area contributed by atoms with Gasteiger partial charge in [-0.05, 0) is 19.1 Å². The predicted octanol–water partition coefficient (Wildman–Crippen LogP) is 1.58. The average Bonchev–Trinajstić information content (AvgIpc) is 2.73. The highest BCUT2D eigenvalue weighted by molar-refractivity contribution is 5.80. The first-order valence-corrected chi connectivity index (χ1v) is 5.78. The van der Waals surface area contributed by atoms with Gasteiger partial charge in [-0.3, -0.25) is 14.9 Å². The van der Waals surface area contributed by atoms with Gasteiger partial charge in [0.2, 0.25) is 5.78 Å². The van der Waals surface area contributed by atoms with Crippen LogP contribution < -0.4 is 5.56 Å². The van der Waals surface area contributed by atoms with Crippen LogP contribution in [0.1, 0.15) is 6.92 Å². The summed E-state index contributed by atoms with van der Waals surface area (Å²) in [4.78, 5) is 26.4. The molecule has 0 aliphatic heterocycles. The van der Waals surface area contributed by atoms with Crippen LogP contribution in [0.3, 0.4) is 0 Å². The molecule has 0 bridgehead atoms. The van der Waals surface area contributed by atoms with Crippen LogP contribution in [0.25, 0.3) is 16.8 Å². The van der Waals surface area contributed by atoms with Gasteiger partial charge in [0.1, 0.15) is 6.20 Å². The summed E-state index contributed by atoms with van der Waals surface area (Å²) >= 11 is 0. The Morgan fingerprint density at radius 1 is 1.32 bits per heavy atom. The lowest BCUT2D eigenvalue weighted by Gasteiger charge is -1.99. The van der Waals surface area contributed by atoms with Gasteiger partial charge < -0.3 is 4.57 Å². The fourth-order valence-electron chi connectivity index (χ4n) is 2.27. The van der Waals surface area contributed by atoms with Crippen molar-refractivity contribution in [3.05, 3.63) is 50.9 Å². The second-order valence-corrected chi connectivity index (χ2v) is 4.07. The zero-order valence-electron chi connectivity index (χ0n) is 10.1. The number of hydrogen-bond donors (Lipinski definition) is 0. The molecule has 19 heavy (non-hydrogen) atoms. The van der Waals surface area contributed by atoms with Gasteiger partial charge in [0.15, 0.2) is 0 Å². The van der Waals surface area contributed by atoms with Crippen molar-refractivity contribution in [3.8, 4) is 0 Å². The minimum Gasteiger partial charge on any atom is -0.310 e. The minimum atomic E-state index is -0.708. The normalized spacial score (nSPS) is 11.2. The van der Waals surface area contributed by atoms with Crippen molar-refractivity contribution >= 4 is 22.5 Å². The third-order valence-electron chi connectivity index (χ3n) is 3.09. The molecule has 0 amide bonds. The van der Waals surface area contributed by atoms with Crippen molar-refractivity contribution in [2.45, 2.75) is 13.5 Å². The Morgan fingerprint density at radius 3 is 2.63 bits per heavy atom. The van der Waals surface area contributed by atoms with E-state index in [4.69, 9.17) is 0 Å². The van der Waals surface area contributed by atoms with E-state index in [0.717, 1.165) is 11.7 Å². The molecular formula is C12H10N4O3. The summed E-state index contributed by atoms with van der Waals surface area (Å²) in [6, 6.07) is 7.25. The van der Waals surface area contributed by atoms with Crippen LogP contribution in [0, 0.1) is 10.1 Å². The quantitative estimate of drug-likeness (QED) is 0.516. The van der Waals surface area contributed by atoms with Crippen LogP contribution >= 0.6 is 0 Å². The van der Waals surface area contributed by atoms with E-state index in [-0.39, 0.29) is 0 Å². The fraction of sp³-hybridized carbons (Fsp3) is 0.167. The molecule has 3 aromatic rings. The molecule has 7 nitrogen and oxygen atoms in total. The maximum Gasteiger partial charge on any atom is 0.352 e. The number of para-hydroxylation sites is 2. The van der Waals surface area contributed by atoms with Crippen LogP contribution in [0.15, 0.2) is 35.3 Å². The van der Waals surface area contributed by atoms with Gasteiger partial charge in [-0.2, -0.15) is 0 Å². The first-order chi connectivity index (χ1) is 9.15. The molecule has 0 saturated heterocycles. The molecule has 1 aromatic carbocycles. The van der Waals surface area contributed by atoms with Crippen molar-refractivity contribution < 1.29 is 4.92 Å². The maximum absolute atomic E-state index is 12.2. The van der Waals surface area contributed by atoms with Crippen LogP contribution in [-0.4, -0.2) is 18.9 Å². The molecule has 0 aliphatic carbocycles. The Bertz CT molecular complexity index is 862. The molecule has 96 valence electrons. The van der Waals surface area contributed by atoms with Gasteiger partial charge in [0, 0.05) is 6.54 Å². The minimum absolute atomic E-state index is 0.416. The van der Waals surface area contributed by atoms with Crippen LogP contribution in [0.4, 0.5) is 5.69 Å². The van der Waals surface area contributed by atoms with Crippen molar-refractivity contribution in [3.63, 3.8) is 0 Å². The summed E-state index contributed by atoms with van der Waals surface area (Å²) in [7, 11) is 0. The summed E-state index contributed by atoms with van der Waals surface area (Å²) in [5, 5.41) is 10.8. The number of fused-ring (bicyclic) bond motifs is 3. The molecule has 0 radical (unpaired) electrons. The summed E-state index contributed by atoms with van der Waals surface area (Å²) in [5.74, 6) is 0.416. The molecule has 3 rings (SSSR count). The van der Waals surface area contributed by atoms with Gasteiger partial charge in [-0.25, -0.2) is 9.38 Å². The van der Waals surface area contributed by atoms with E-state index in [1.807, 2.05) is 23.6 Å². The Labute approximate surface area is 106 Å². The highest BCUT2D eigenvalue weighted by atomic mass is 16.6. The highest BCUT2D eigenvalue weighted by Crippen LogP contribution is 2.18. The average molecular weight is 258 g/mol. The van der Waals surface area contributed by atoms with Crippen LogP contribution in [0.5, 0.6) is 0 Å². The SMILES string of the molecule is CCn1c2ccccc2n2c(=O)c([N+](=O)[O-])cnc12. The monoisotopic (exact) mass is 258 g/mol. The molecule has 0 N–H and O–H groups in total. The maximum atomic E-state index is 12.2. The number of nitrogens with zero attached hydrogens (tertiary/aromatic N) is 4. The standard InChI is InChI=1S/C12H10N4O3/c1-2-14-8-5-3-4-6-9(8)15-11(17)10(16(18)19)7-13-12(14)15/h3-7H,2H2,1H3. The van der Waals surface area contributed by atoms with Crippen LogP contribution in [-0.2, 0) is 6.54 Å². The van der Waals surface area contributed by atoms with E-state index in [1.165, 1.54) is 4.40 Å². The molecular weight excluding hydrogens is 248 g/mol. The second-order valence-electron chi connectivity index (χ2n) is 4.07. The summed E-state index contributed by atoms with van der Waals surface area (Å²) in [6.07, 6.45) is 1.02. The largest absolute Gasteiger partial charge is 0.352 e. The van der Waals surface area contributed by atoms with Crippen molar-refractivity contribution in [2.75, 3.05) is 0 Å². The lowest BCUT2D eigenvalue weighted by Crippen LogP contribution is -2.18. The van der Waals surface area contributed by atoms with Crippen molar-refractivity contribution in [1.29, 1.82) is 0 Å². The molecule has 0 unspecified atom stereocenters. The molecule has 7 heteroatoms.